The molecule has 2 amide bonds. The van der Waals surface area contributed by atoms with E-state index in [1.807, 2.05) is 6.92 Å². The summed E-state index contributed by atoms with van der Waals surface area (Å²) in [5, 5.41) is 8.59. The van der Waals surface area contributed by atoms with Gasteiger partial charge in [0.2, 0.25) is 0 Å². The highest BCUT2D eigenvalue weighted by Crippen LogP contribution is 2.26. The van der Waals surface area contributed by atoms with Gasteiger partial charge in [-0.3, -0.25) is 5.84 Å². The van der Waals surface area contributed by atoms with E-state index >= 15 is 0 Å². The predicted octanol–water partition coefficient (Wildman–Crippen LogP) is 4.00. The number of carbonyl (C=O) groups is 1. The lowest BCUT2D eigenvalue weighted by atomic mass is 9.90. The summed E-state index contributed by atoms with van der Waals surface area (Å²) in [7, 11) is 1.50. The number of rotatable bonds is 6. The van der Waals surface area contributed by atoms with Crippen molar-refractivity contribution in [2.45, 2.75) is 39.2 Å². The maximum Gasteiger partial charge on any atom is 0.337 e. The lowest BCUT2D eigenvalue weighted by Crippen LogP contribution is -2.46. The molecule has 1 aliphatic rings. The van der Waals surface area contributed by atoms with Crippen LogP contribution in [0, 0.1) is 0 Å². The van der Waals surface area contributed by atoms with Crippen molar-refractivity contribution in [3.8, 4) is 0 Å². The molecule has 7 nitrogen and oxygen atoms in total. The van der Waals surface area contributed by atoms with Crippen LogP contribution in [0.3, 0.4) is 0 Å². The number of hydrazine groups is 2. The smallest absolute Gasteiger partial charge is 0.337 e. The second-order valence-corrected chi connectivity index (χ2v) is 7.43. The zero-order chi connectivity index (χ0) is 20.8. The van der Waals surface area contributed by atoms with E-state index in [0.29, 0.717) is 16.3 Å². The Labute approximate surface area is 175 Å². The number of halogens is 1. The summed E-state index contributed by atoms with van der Waals surface area (Å²) in [4.78, 5) is 17.6. The molecular weight excluding hydrogens is 390 g/mol. The van der Waals surface area contributed by atoms with Gasteiger partial charge in [0.25, 0.3) is 0 Å². The minimum Gasteiger partial charge on any atom is -0.391 e. The zero-order valence-corrected chi connectivity index (χ0v) is 17.4. The topological polar surface area (TPSA) is 92.0 Å². The number of carbonyl (C=O) groups excluding carboxylic acids is 1. The lowest BCUT2D eigenvalue weighted by Gasteiger charge is -2.18. The normalized spacial score (nSPS) is 13.6. The first kappa shape index (κ1) is 21.1. The first-order chi connectivity index (χ1) is 14.0. The number of fused-ring (bicyclic) bond motifs is 1. The molecule has 0 aliphatic heterocycles. The van der Waals surface area contributed by atoms with Gasteiger partial charge >= 0.3 is 6.03 Å². The highest BCUT2D eigenvalue weighted by Gasteiger charge is 2.14. The number of nitrogens with zero attached hydrogens (tertiary/aromatic N) is 2. The van der Waals surface area contributed by atoms with Crippen molar-refractivity contribution in [1.82, 2.24) is 10.5 Å². The van der Waals surface area contributed by atoms with E-state index in [1.165, 1.54) is 31.0 Å². The molecular formula is C21H26ClN5O2. The van der Waals surface area contributed by atoms with Crippen LogP contribution in [0.15, 0.2) is 41.6 Å². The summed E-state index contributed by atoms with van der Waals surface area (Å²) in [6.45, 7) is 2.04. The molecule has 29 heavy (non-hydrogen) atoms. The summed E-state index contributed by atoms with van der Waals surface area (Å²) in [5.41, 5.74) is 8.10. The molecule has 0 atom stereocenters. The van der Waals surface area contributed by atoms with Crippen molar-refractivity contribution in [3.63, 3.8) is 0 Å². The van der Waals surface area contributed by atoms with Crippen LogP contribution in [0.25, 0.3) is 0 Å². The molecule has 0 bridgehead atoms. The van der Waals surface area contributed by atoms with Gasteiger partial charge in [0.15, 0.2) is 0 Å². The van der Waals surface area contributed by atoms with Crippen LogP contribution in [-0.4, -0.2) is 23.8 Å². The van der Waals surface area contributed by atoms with Crippen molar-refractivity contribution in [2.75, 3.05) is 12.4 Å². The molecule has 0 saturated heterocycles. The molecule has 154 valence electrons. The van der Waals surface area contributed by atoms with Crippen LogP contribution < -0.4 is 16.7 Å². The second kappa shape index (κ2) is 9.73. The van der Waals surface area contributed by atoms with E-state index in [-0.39, 0.29) is 6.61 Å². The van der Waals surface area contributed by atoms with Gasteiger partial charge in [0.1, 0.15) is 6.61 Å². The van der Waals surface area contributed by atoms with Gasteiger partial charge in [0.05, 0.1) is 11.4 Å². The summed E-state index contributed by atoms with van der Waals surface area (Å²) in [6.07, 6.45) is 4.76. The van der Waals surface area contributed by atoms with Crippen LogP contribution in [-0.2, 0) is 24.3 Å². The first-order valence-electron chi connectivity index (χ1n) is 9.56. The third-order valence-electron chi connectivity index (χ3n) is 5.04. The molecule has 1 aliphatic carbocycles. The number of amides is 2. The highest BCUT2D eigenvalue weighted by molar-refractivity contribution is 6.31. The minimum absolute atomic E-state index is 0.122. The molecule has 0 unspecified atom stereocenters. The van der Waals surface area contributed by atoms with Gasteiger partial charge < -0.3 is 10.2 Å². The summed E-state index contributed by atoms with van der Waals surface area (Å²) in [5.74, 6) is 5.25. The average Bonchev–Trinajstić information content (AvgIpc) is 2.74. The number of oxime groups is 1. The van der Waals surface area contributed by atoms with Crippen LogP contribution in [0.2, 0.25) is 5.02 Å². The monoisotopic (exact) mass is 415 g/mol. The standard InChI is InChI=1S/C21H26ClN5O2/c1-14(16-11-10-15-6-3-4-7-17(15)12-16)25-29-13-18-19(22)8-5-9-20(18)24-21(28)27(2)26-23/h5,8-12,26H,3-4,6-7,13,23H2,1-2H3,(H,24,28)/b25-14+. The fraction of sp³-hybridized carbons (Fsp3) is 0.333. The summed E-state index contributed by atoms with van der Waals surface area (Å²) >= 11 is 6.30. The van der Waals surface area contributed by atoms with Crippen LogP contribution in [0.5, 0.6) is 0 Å². The Kier molecular flexibility index (Phi) is 7.09. The zero-order valence-electron chi connectivity index (χ0n) is 16.7. The Morgan fingerprint density at radius 1 is 1.24 bits per heavy atom. The number of urea groups is 1. The first-order valence-corrected chi connectivity index (χ1v) is 9.94. The third kappa shape index (κ3) is 5.26. The molecule has 3 rings (SSSR count). The molecule has 0 heterocycles. The van der Waals surface area contributed by atoms with Crippen molar-refractivity contribution >= 4 is 29.0 Å². The Bertz CT molecular complexity index is 916. The quantitative estimate of drug-likeness (QED) is 0.377. The number of benzene rings is 2. The van der Waals surface area contributed by atoms with E-state index in [1.54, 1.807) is 18.2 Å². The largest absolute Gasteiger partial charge is 0.391 e. The molecule has 0 radical (unpaired) electrons. The van der Waals surface area contributed by atoms with E-state index in [9.17, 15) is 4.79 Å². The lowest BCUT2D eigenvalue weighted by molar-refractivity contribution is 0.131. The van der Waals surface area contributed by atoms with E-state index in [4.69, 9.17) is 22.3 Å². The number of nitrogens with two attached hydrogens (primary N) is 1. The van der Waals surface area contributed by atoms with Gasteiger partial charge in [-0.05, 0) is 67.5 Å². The number of hydrogen-bond acceptors (Lipinski definition) is 5. The number of aryl methyl sites for hydroxylation is 2. The Morgan fingerprint density at radius 2 is 2.00 bits per heavy atom. The van der Waals surface area contributed by atoms with Gasteiger partial charge in [-0.2, -0.15) is 5.53 Å². The highest BCUT2D eigenvalue weighted by atomic mass is 35.5. The Morgan fingerprint density at radius 3 is 2.76 bits per heavy atom. The van der Waals surface area contributed by atoms with Gasteiger partial charge in [-0.15, -0.1) is 0 Å². The van der Waals surface area contributed by atoms with E-state index in [0.717, 1.165) is 29.1 Å². The molecule has 2 aromatic carbocycles. The number of anilines is 1. The fourth-order valence-corrected chi connectivity index (χ4v) is 3.51. The summed E-state index contributed by atoms with van der Waals surface area (Å²) in [6, 6.07) is 11.3. The van der Waals surface area contributed by atoms with Crippen molar-refractivity contribution < 1.29 is 9.63 Å². The molecule has 0 saturated carbocycles. The molecule has 2 aromatic rings. The van der Waals surface area contributed by atoms with E-state index in [2.05, 4.69) is 34.2 Å². The predicted molar refractivity (Wildman–Crippen MR) is 116 cm³/mol. The van der Waals surface area contributed by atoms with Gasteiger partial charge in [0, 0.05) is 17.6 Å². The van der Waals surface area contributed by atoms with Crippen molar-refractivity contribution in [2.24, 2.45) is 11.0 Å². The SMILES string of the molecule is C/C(=N\OCc1c(Cl)cccc1NC(=O)N(C)NN)c1ccc2c(c1)CCCC2. The van der Waals surface area contributed by atoms with Gasteiger partial charge in [-0.1, -0.05) is 35.0 Å². The number of nitrogens with one attached hydrogen (secondary N) is 2. The van der Waals surface area contributed by atoms with E-state index < -0.39 is 6.03 Å². The van der Waals surface area contributed by atoms with Crippen LogP contribution >= 0.6 is 11.6 Å². The number of hydrogen-bond donors (Lipinski definition) is 3. The molecule has 8 heteroatoms. The molecule has 0 spiro atoms. The molecule has 0 fully saturated rings. The maximum absolute atomic E-state index is 12.1. The molecule has 4 N–H and O–H groups in total. The Hall–Kier alpha value is -2.61. The summed E-state index contributed by atoms with van der Waals surface area (Å²) < 4.78 is 0. The maximum atomic E-state index is 12.1. The fourth-order valence-electron chi connectivity index (χ4n) is 3.28. The third-order valence-corrected chi connectivity index (χ3v) is 5.39. The average molecular weight is 416 g/mol. The van der Waals surface area contributed by atoms with Crippen LogP contribution in [0.4, 0.5) is 10.5 Å². The Balaban J connectivity index is 1.70. The van der Waals surface area contributed by atoms with Crippen molar-refractivity contribution in [1.29, 1.82) is 0 Å². The second-order valence-electron chi connectivity index (χ2n) is 7.02. The van der Waals surface area contributed by atoms with Crippen LogP contribution in [0.1, 0.15) is 42.0 Å². The minimum atomic E-state index is -0.426. The van der Waals surface area contributed by atoms with Gasteiger partial charge in [-0.25, -0.2) is 9.80 Å². The van der Waals surface area contributed by atoms with Crippen molar-refractivity contribution in [3.05, 3.63) is 63.7 Å². The molecule has 0 aromatic heterocycles.